The van der Waals surface area contributed by atoms with Crippen LogP contribution in [-0.2, 0) is 6.54 Å². The van der Waals surface area contributed by atoms with Crippen LogP contribution in [0.15, 0.2) is 34.3 Å². The third kappa shape index (κ3) is 5.69. The summed E-state index contributed by atoms with van der Waals surface area (Å²) in [5.41, 5.74) is 2.51. The smallest absolute Gasteiger partial charge is 0.120 e. The lowest BCUT2D eigenvalue weighted by atomic mass is 10.2. The molecule has 0 saturated heterocycles. The standard InChI is InChI=1S/C15H22BrNO/c1-4-8-17-11-13-10-14(5-6-15(13)16)18-9-7-12(2)3/h5-7,10,17H,4,8-9,11H2,1-3H3. The van der Waals surface area contributed by atoms with E-state index in [1.807, 2.05) is 12.1 Å². The van der Waals surface area contributed by atoms with Crippen molar-refractivity contribution < 1.29 is 4.74 Å². The molecule has 0 aliphatic rings. The molecule has 0 heterocycles. The maximum Gasteiger partial charge on any atom is 0.120 e. The zero-order chi connectivity index (χ0) is 13.4. The maximum atomic E-state index is 5.69. The van der Waals surface area contributed by atoms with Crippen molar-refractivity contribution in [2.45, 2.75) is 33.7 Å². The van der Waals surface area contributed by atoms with Gasteiger partial charge in [-0.3, -0.25) is 0 Å². The van der Waals surface area contributed by atoms with Gasteiger partial charge in [0.05, 0.1) is 0 Å². The van der Waals surface area contributed by atoms with Gasteiger partial charge in [-0.05, 0) is 56.7 Å². The van der Waals surface area contributed by atoms with E-state index in [0.29, 0.717) is 6.61 Å². The lowest BCUT2D eigenvalue weighted by Crippen LogP contribution is -2.14. The minimum atomic E-state index is 0.631. The van der Waals surface area contributed by atoms with E-state index < -0.39 is 0 Å². The van der Waals surface area contributed by atoms with Crippen molar-refractivity contribution in [2.24, 2.45) is 0 Å². The molecule has 18 heavy (non-hydrogen) atoms. The molecular weight excluding hydrogens is 290 g/mol. The summed E-state index contributed by atoms with van der Waals surface area (Å²) in [6, 6.07) is 6.12. The Kier molecular flexibility index (Phi) is 7.06. The van der Waals surface area contributed by atoms with Crippen LogP contribution in [0.1, 0.15) is 32.8 Å². The van der Waals surface area contributed by atoms with Gasteiger partial charge < -0.3 is 10.1 Å². The lowest BCUT2D eigenvalue weighted by Gasteiger charge is -2.09. The summed E-state index contributed by atoms with van der Waals surface area (Å²) in [6.45, 7) is 8.85. The number of allylic oxidation sites excluding steroid dienone is 1. The monoisotopic (exact) mass is 311 g/mol. The van der Waals surface area contributed by atoms with E-state index >= 15 is 0 Å². The molecule has 100 valence electrons. The Morgan fingerprint density at radius 2 is 2.17 bits per heavy atom. The number of ether oxygens (including phenoxy) is 1. The molecule has 0 atom stereocenters. The number of hydrogen-bond acceptors (Lipinski definition) is 2. The molecule has 3 heteroatoms. The summed E-state index contributed by atoms with van der Waals surface area (Å²) >= 11 is 3.57. The van der Waals surface area contributed by atoms with Gasteiger partial charge in [0.25, 0.3) is 0 Å². The van der Waals surface area contributed by atoms with Crippen LogP contribution in [-0.4, -0.2) is 13.2 Å². The van der Waals surface area contributed by atoms with Gasteiger partial charge in [-0.25, -0.2) is 0 Å². The summed E-state index contributed by atoms with van der Waals surface area (Å²) in [7, 11) is 0. The van der Waals surface area contributed by atoms with Crippen LogP contribution in [0.2, 0.25) is 0 Å². The minimum absolute atomic E-state index is 0.631. The van der Waals surface area contributed by atoms with E-state index in [4.69, 9.17) is 4.74 Å². The van der Waals surface area contributed by atoms with Gasteiger partial charge in [0, 0.05) is 11.0 Å². The molecule has 0 radical (unpaired) electrons. The van der Waals surface area contributed by atoms with E-state index in [1.54, 1.807) is 0 Å². The minimum Gasteiger partial charge on any atom is -0.490 e. The topological polar surface area (TPSA) is 21.3 Å². The van der Waals surface area contributed by atoms with E-state index in [9.17, 15) is 0 Å². The number of hydrogen-bond donors (Lipinski definition) is 1. The first kappa shape index (κ1) is 15.3. The molecule has 0 aromatic heterocycles. The van der Waals surface area contributed by atoms with Crippen LogP contribution in [0, 0.1) is 0 Å². The predicted molar refractivity (Wildman–Crippen MR) is 81.1 cm³/mol. The molecule has 2 nitrogen and oxygen atoms in total. The molecule has 0 aliphatic heterocycles. The largest absolute Gasteiger partial charge is 0.490 e. The fourth-order valence-electron chi connectivity index (χ4n) is 1.48. The first-order valence-corrected chi connectivity index (χ1v) is 7.18. The third-order valence-electron chi connectivity index (χ3n) is 2.50. The van der Waals surface area contributed by atoms with Gasteiger partial charge in [0.15, 0.2) is 0 Å². The second kappa shape index (κ2) is 8.33. The van der Waals surface area contributed by atoms with Crippen LogP contribution in [0.4, 0.5) is 0 Å². The average molecular weight is 312 g/mol. The van der Waals surface area contributed by atoms with E-state index in [2.05, 4.69) is 54.2 Å². The number of nitrogens with one attached hydrogen (secondary N) is 1. The van der Waals surface area contributed by atoms with E-state index in [1.165, 1.54) is 11.1 Å². The van der Waals surface area contributed by atoms with Crippen LogP contribution < -0.4 is 10.1 Å². The molecule has 0 fully saturated rings. The zero-order valence-electron chi connectivity index (χ0n) is 11.4. The Labute approximate surface area is 119 Å². The molecule has 0 unspecified atom stereocenters. The molecule has 1 aromatic rings. The van der Waals surface area contributed by atoms with Crippen molar-refractivity contribution in [2.75, 3.05) is 13.2 Å². The van der Waals surface area contributed by atoms with Crippen molar-refractivity contribution in [1.82, 2.24) is 5.32 Å². The first-order valence-electron chi connectivity index (χ1n) is 6.38. The van der Waals surface area contributed by atoms with Crippen molar-refractivity contribution in [3.8, 4) is 5.75 Å². The summed E-state index contributed by atoms with van der Waals surface area (Å²) < 4.78 is 6.82. The second-order valence-corrected chi connectivity index (χ2v) is 5.38. The Balaban J connectivity index is 2.59. The van der Waals surface area contributed by atoms with Gasteiger partial charge >= 0.3 is 0 Å². The molecular formula is C15H22BrNO. The van der Waals surface area contributed by atoms with Gasteiger partial charge in [-0.1, -0.05) is 28.4 Å². The van der Waals surface area contributed by atoms with Crippen molar-refractivity contribution in [1.29, 1.82) is 0 Å². The van der Waals surface area contributed by atoms with Gasteiger partial charge in [-0.2, -0.15) is 0 Å². The van der Waals surface area contributed by atoms with Gasteiger partial charge in [-0.15, -0.1) is 0 Å². The van der Waals surface area contributed by atoms with Crippen molar-refractivity contribution in [3.05, 3.63) is 39.9 Å². The molecule has 0 spiro atoms. The summed E-state index contributed by atoms with van der Waals surface area (Å²) in [5, 5.41) is 3.40. The molecule has 0 bridgehead atoms. The zero-order valence-corrected chi connectivity index (χ0v) is 13.0. The molecule has 1 rings (SSSR count). The Morgan fingerprint density at radius 1 is 1.39 bits per heavy atom. The number of rotatable bonds is 7. The molecule has 1 N–H and O–H groups in total. The molecule has 1 aromatic carbocycles. The van der Waals surface area contributed by atoms with Crippen LogP contribution in [0.5, 0.6) is 5.75 Å². The summed E-state index contributed by atoms with van der Waals surface area (Å²) in [4.78, 5) is 0. The van der Waals surface area contributed by atoms with Crippen molar-refractivity contribution in [3.63, 3.8) is 0 Å². The van der Waals surface area contributed by atoms with E-state index in [0.717, 1.165) is 29.7 Å². The third-order valence-corrected chi connectivity index (χ3v) is 3.27. The van der Waals surface area contributed by atoms with E-state index in [-0.39, 0.29) is 0 Å². The SMILES string of the molecule is CCCNCc1cc(OCC=C(C)C)ccc1Br. The maximum absolute atomic E-state index is 5.69. The highest BCUT2D eigenvalue weighted by molar-refractivity contribution is 9.10. The molecule has 0 saturated carbocycles. The average Bonchev–Trinajstić information content (AvgIpc) is 2.33. The number of benzene rings is 1. The highest BCUT2D eigenvalue weighted by atomic mass is 79.9. The highest BCUT2D eigenvalue weighted by Gasteiger charge is 2.02. The quantitative estimate of drug-likeness (QED) is 0.599. The van der Waals surface area contributed by atoms with Gasteiger partial charge in [0.2, 0.25) is 0 Å². The van der Waals surface area contributed by atoms with Crippen LogP contribution in [0.3, 0.4) is 0 Å². The Bertz CT molecular complexity index is 397. The summed E-state index contributed by atoms with van der Waals surface area (Å²) in [5.74, 6) is 0.920. The normalized spacial score (nSPS) is 10.2. The second-order valence-electron chi connectivity index (χ2n) is 4.52. The molecule has 0 amide bonds. The van der Waals surface area contributed by atoms with Crippen molar-refractivity contribution >= 4 is 15.9 Å². The highest BCUT2D eigenvalue weighted by Crippen LogP contribution is 2.22. The Hall–Kier alpha value is -0.800. The fourth-order valence-corrected chi connectivity index (χ4v) is 1.87. The molecule has 0 aliphatic carbocycles. The first-order chi connectivity index (χ1) is 8.63. The summed E-state index contributed by atoms with van der Waals surface area (Å²) in [6.07, 6.45) is 3.23. The Morgan fingerprint density at radius 3 is 2.83 bits per heavy atom. The van der Waals surface area contributed by atoms with Crippen LogP contribution >= 0.6 is 15.9 Å². The van der Waals surface area contributed by atoms with Gasteiger partial charge in [0.1, 0.15) is 12.4 Å². The van der Waals surface area contributed by atoms with Crippen LogP contribution in [0.25, 0.3) is 0 Å². The number of halogens is 1. The lowest BCUT2D eigenvalue weighted by molar-refractivity contribution is 0.361. The fraction of sp³-hybridized carbons (Fsp3) is 0.467. The predicted octanol–water partition coefficient (Wildman–Crippen LogP) is 4.29.